The zero-order valence-electron chi connectivity index (χ0n) is 14.4. The molecule has 6 nitrogen and oxygen atoms in total. The maximum Gasteiger partial charge on any atom is 0.263 e. The third-order valence-electron chi connectivity index (χ3n) is 3.87. The van der Waals surface area contributed by atoms with E-state index in [-0.39, 0.29) is 29.2 Å². The molecule has 1 heterocycles. The van der Waals surface area contributed by atoms with Gasteiger partial charge in [0, 0.05) is 11.6 Å². The van der Waals surface area contributed by atoms with Gasteiger partial charge in [-0.25, -0.2) is 8.42 Å². The molecule has 0 saturated heterocycles. The van der Waals surface area contributed by atoms with Crippen molar-refractivity contribution >= 4 is 21.8 Å². The van der Waals surface area contributed by atoms with E-state index in [1.54, 1.807) is 18.2 Å². The number of amides is 1. The molecule has 2 N–H and O–H groups in total. The van der Waals surface area contributed by atoms with E-state index in [0.29, 0.717) is 11.5 Å². The summed E-state index contributed by atoms with van der Waals surface area (Å²) < 4.78 is 26.3. The Morgan fingerprint density at radius 3 is 2.62 bits per heavy atom. The van der Waals surface area contributed by atoms with Crippen molar-refractivity contribution in [3.63, 3.8) is 0 Å². The average molecular weight is 351 g/mol. The van der Waals surface area contributed by atoms with E-state index in [0.717, 1.165) is 19.3 Å². The molecule has 1 amide bonds. The normalized spacial score (nSPS) is 18.2. The maximum atomic E-state index is 12.0. The van der Waals surface area contributed by atoms with Gasteiger partial charge in [-0.05, 0) is 31.4 Å². The van der Waals surface area contributed by atoms with Gasteiger partial charge in [0.05, 0.1) is 4.90 Å². The second-order valence-corrected chi connectivity index (χ2v) is 8.21. The second-order valence-electron chi connectivity index (χ2n) is 6.56. The number of aliphatic imine (C=N–C) groups is 1. The summed E-state index contributed by atoms with van der Waals surface area (Å²) in [5, 5.41) is 2.90. The number of rotatable bonds is 7. The number of hydrogen-bond donors (Lipinski definition) is 2. The fraction of sp³-hybridized carbons (Fsp3) is 0.529. The molecule has 0 bridgehead atoms. The molecule has 24 heavy (non-hydrogen) atoms. The number of nitrogens with zero attached hydrogens (tertiary/aromatic N) is 1. The molecule has 1 aliphatic rings. The van der Waals surface area contributed by atoms with Gasteiger partial charge in [0.2, 0.25) is 5.91 Å². The lowest BCUT2D eigenvalue weighted by molar-refractivity contribution is -0.120. The lowest BCUT2D eigenvalue weighted by atomic mass is 10.0. The molecule has 0 spiro atoms. The van der Waals surface area contributed by atoms with Crippen LogP contribution in [0.4, 0.5) is 0 Å². The minimum atomic E-state index is -3.56. The van der Waals surface area contributed by atoms with E-state index in [9.17, 15) is 13.2 Å². The molecular formula is C17H25N3O3S. The molecule has 2 rings (SSSR count). The fourth-order valence-electron chi connectivity index (χ4n) is 2.63. The van der Waals surface area contributed by atoms with Crippen molar-refractivity contribution < 1.29 is 13.2 Å². The molecular weight excluding hydrogens is 326 g/mol. The summed E-state index contributed by atoms with van der Waals surface area (Å²) in [6.07, 6.45) is 3.14. The van der Waals surface area contributed by atoms with E-state index in [1.807, 2.05) is 6.92 Å². The van der Waals surface area contributed by atoms with E-state index in [2.05, 4.69) is 28.9 Å². The highest BCUT2D eigenvalue weighted by Crippen LogP contribution is 2.21. The molecule has 0 radical (unpaired) electrons. The first-order valence-corrected chi connectivity index (χ1v) is 9.74. The van der Waals surface area contributed by atoms with E-state index in [1.165, 1.54) is 6.07 Å². The minimum absolute atomic E-state index is 0.0870. The Labute approximate surface area is 143 Å². The van der Waals surface area contributed by atoms with Gasteiger partial charge in [-0.1, -0.05) is 38.8 Å². The van der Waals surface area contributed by atoms with Gasteiger partial charge in [0.25, 0.3) is 10.0 Å². The van der Waals surface area contributed by atoms with Crippen molar-refractivity contribution in [1.82, 2.24) is 10.0 Å². The van der Waals surface area contributed by atoms with Crippen LogP contribution in [0.2, 0.25) is 0 Å². The van der Waals surface area contributed by atoms with Crippen molar-refractivity contribution in [2.24, 2.45) is 10.9 Å². The van der Waals surface area contributed by atoms with Gasteiger partial charge in [-0.2, -0.15) is 0 Å². The van der Waals surface area contributed by atoms with Crippen molar-refractivity contribution in [3.8, 4) is 0 Å². The van der Waals surface area contributed by atoms with Crippen LogP contribution < -0.4 is 10.0 Å². The number of carbonyl (C=O) groups is 1. The molecule has 0 saturated carbocycles. The van der Waals surface area contributed by atoms with Gasteiger partial charge in [0.15, 0.2) is 0 Å². The van der Waals surface area contributed by atoms with Crippen molar-refractivity contribution in [2.45, 2.75) is 51.0 Å². The number of fused-ring (bicyclic) bond motifs is 1. The molecule has 0 aliphatic carbocycles. The predicted octanol–water partition coefficient (Wildman–Crippen LogP) is 2.06. The molecule has 7 heteroatoms. The SMILES string of the molecule is CC(C)CCCC(C)NC(=O)CN=C1NS(=O)(=O)c2ccccc21. The number of carbonyl (C=O) groups excluding carboxylic acids is 1. The van der Waals surface area contributed by atoms with Gasteiger partial charge < -0.3 is 5.32 Å². The second kappa shape index (κ2) is 7.79. The van der Waals surface area contributed by atoms with Crippen molar-refractivity contribution in [1.29, 1.82) is 0 Å². The first-order chi connectivity index (χ1) is 11.3. The molecule has 132 valence electrons. The highest BCUT2D eigenvalue weighted by molar-refractivity contribution is 7.90. The third-order valence-corrected chi connectivity index (χ3v) is 5.27. The molecule has 1 atom stereocenters. The third kappa shape index (κ3) is 4.80. The molecule has 1 aromatic rings. The summed E-state index contributed by atoms with van der Waals surface area (Å²) >= 11 is 0. The number of amidine groups is 1. The maximum absolute atomic E-state index is 12.0. The first-order valence-electron chi connectivity index (χ1n) is 8.25. The van der Waals surface area contributed by atoms with Crippen LogP contribution in [0.3, 0.4) is 0 Å². The Morgan fingerprint density at radius 2 is 1.92 bits per heavy atom. The van der Waals surface area contributed by atoms with Crippen LogP contribution in [0.1, 0.15) is 45.6 Å². The Bertz CT molecular complexity index is 726. The number of nitrogens with one attached hydrogen (secondary N) is 2. The van der Waals surface area contributed by atoms with E-state index >= 15 is 0 Å². The number of benzene rings is 1. The van der Waals surface area contributed by atoms with Crippen molar-refractivity contribution in [3.05, 3.63) is 29.8 Å². The lowest BCUT2D eigenvalue weighted by Gasteiger charge is -2.13. The zero-order chi connectivity index (χ0) is 17.7. The lowest BCUT2D eigenvalue weighted by Crippen LogP contribution is -2.35. The Kier molecular flexibility index (Phi) is 5.99. The largest absolute Gasteiger partial charge is 0.352 e. The van der Waals surface area contributed by atoms with Crippen LogP contribution >= 0.6 is 0 Å². The summed E-state index contributed by atoms with van der Waals surface area (Å²) in [6.45, 7) is 6.24. The highest BCUT2D eigenvalue weighted by Gasteiger charge is 2.30. The molecule has 1 aromatic carbocycles. The molecule has 0 aromatic heterocycles. The monoisotopic (exact) mass is 351 g/mol. The summed E-state index contributed by atoms with van der Waals surface area (Å²) in [4.78, 5) is 16.3. The molecule has 1 aliphatic heterocycles. The smallest absolute Gasteiger partial charge is 0.263 e. The minimum Gasteiger partial charge on any atom is -0.352 e. The zero-order valence-corrected chi connectivity index (χ0v) is 15.2. The summed E-state index contributed by atoms with van der Waals surface area (Å²) in [5.74, 6) is 0.686. The summed E-state index contributed by atoms with van der Waals surface area (Å²) in [7, 11) is -3.56. The van der Waals surface area contributed by atoms with Gasteiger partial charge in [-0.15, -0.1) is 0 Å². The fourth-order valence-corrected chi connectivity index (χ4v) is 3.88. The topological polar surface area (TPSA) is 87.6 Å². The van der Waals surface area contributed by atoms with E-state index in [4.69, 9.17) is 0 Å². The van der Waals surface area contributed by atoms with Gasteiger partial charge in [-0.3, -0.25) is 14.5 Å². The van der Waals surface area contributed by atoms with Crippen LogP contribution in [0.15, 0.2) is 34.2 Å². The van der Waals surface area contributed by atoms with Crippen LogP contribution in [-0.2, 0) is 14.8 Å². The number of sulfonamides is 1. The predicted molar refractivity (Wildman–Crippen MR) is 94.5 cm³/mol. The Morgan fingerprint density at radius 1 is 1.21 bits per heavy atom. The quantitative estimate of drug-likeness (QED) is 0.788. The van der Waals surface area contributed by atoms with Gasteiger partial charge >= 0.3 is 0 Å². The highest BCUT2D eigenvalue weighted by atomic mass is 32.2. The molecule has 1 unspecified atom stereocenters. The Hall–Kier alpha value is -1.89. The van der Waals surface area contributed by atoms with Crippen LogP contribution in [0, 0.1) is 5.92 Å². The standard InChI is InChI=1S/C17H25N3O3S/c1-12(2)7-6-8-13(3)19-16(21)11-18-17-14-9-4-5-10-15(14)24(22,23)20-17/h4-5,9-10,12-13H,6-8,11H2,1-3H3,(H,18,20)(H,19,21). The average Bonchev–Trinajstić information content (AvgIpc) is 2.76. The van der Waals surface area contributed by atoms with Crippen LogP contribution in [-0.4, -0.2) is 32.7 Å². The van der Waals surface area contributed by atoms with Crippen molar-refractivity contribution in [2.75, 3.05) is 6.54 Å². The van der Waals surface area contributed by atoms with Crippen LogP contribution in [0.5, 0.6) is 0 Å². The summed E-state index contributed by atoms with van der Waals surface area (Å²) in [6, 6.07) is 6.69. The number of hydrogen-bond acceptors (Lipinski definition) is 4. The molecule has 0 fully saturated rings. The van der Waals surface area contributed by atoms with Gasteiger partial charge in [0.1, 0.15) is 12.4 Å². The Balaban J connectivity index is 1.91. The summed E-state index contributed by atoms with van der Waals surface area (Å²) in [5.41, 5.74) is 0.510. The first kappa shape index (κ1) is 18.4. The van der Waals surface area contributed by atoms with E-state index < -0.39 is 10.0 Å². The van der Waals surface area contributed by atoms with Crippen LogP contribution in [0.25, 0.3) is 0 Å².